The Hall–Kier alpha value is -1.78. The summed E-state index contributed by atoms with van der Waals surface area (Å²) in [7, 11) is 1.96. The zero-order valence-electron chi connectivity index (χ0n) is 10.00. The maximum Gasteiger partial charge on any atom is 0.0794 e. The highest BCUT2D eigenvalue weighted by Gasteiger charge is 2.14. The minimum absolute atomic E-state index is 0.162. The van der Waals surface area contributed by atoms with Gasteiger partial charge in [-0.15, -0.1) is 11.3 Å². The Balaban J connectivity index is 2.07. The van der Waals surface area contributed by atoms with Gasteiger partial charge in [0.05, 0.1) is 17.1 Å². The first-order valence-electron chi connectivity index (χ1n) is 5.79. The van der Waals surface area contributed by atoms with Crippen LogP contribution in [0.15, 0.2) is 48.2 Å². The molecule has 0 aliphatic rings. The van der Waals surface area contributed by atoms with E-state index in [4.69, 9.17) is 0 Å². The van der Waals surface area contributed by atoms with Gasteiger partial charge in [-0.1, -0.05) is 18.2 Å². The van der Waals surface area contributed by atoms with Crippen LogP contribution >= 0.6 is 11.3 Å². The van der Waals surface area contributed by atoms with E-state index in [0.29, 0.717) is 0 Å². The first-order valence-corrected chi connectivity index (χ1v) is 6.67. The number of fused-ring (bicyclic) bond motifs is 1. The number of rotatable bonds is 3. The summed E-state index contributed by atoms with van der Waals surface area (Å²) in [5.74, 6) is 0. The molecule has 0 spiro atoms. The lowest BCUT2D eigenvalue weighted by Gasteiger charge is -2.14. The Morgan fingerprint density at radius 1 is 1.22 bits per heavy atom. The molecule has 2 heterocycles. The van der Waals surface area contributed by atoms with Crippen molar-refractivity contribution in [1.82, 2.24) is 15.3 Å². The number of benzene rings is 1. The Kier molecular flexibility index (Phi) is 3.04. The van der Waals surface area contributed by atoms with Crippen molar-refractivity contribution in [3.8, 4) is 0 Å². The van der Waals surface area contributed by atoms with Crippen molar-refractivity contribution in [2.45, 2.75) is 6.04 Å². The number of hydrogen-bond donors (Lipinski definition) is 1. The smallest absolute Gasteiger partial charge is 0.0794 e. The molecule has 2 aromatic heterocycles. The molecule has 3 rings (SSSR count). The maximum absolute atomic E-state index is 4.50. The van der Waals surface area contributed by atoms with Crippen molar-refractivity contribution in [2.75, 3.05) is 7.05 Å². The molecule has 1 N–H and O–H groups in total. The van der Waals surface area contributed by atoms with Crippen molar-refractivity contribution in [3.05, 3.63) is 58.7 Å². The first-order chi connectivity index (χ1) is 8.88. The number of thiazole rings is 1. The fourth-order valence-corrected chi connectivity index (χ4v) is 2.84. The van der Waals surface area contributed by atoms with Gasteiger partial charge in [-0.2, -0.15) is 0 Å². The van der Waals surface area contributed by atoms with Gasteiger partial charge in [0.2, 0.25) is 0 Å². The fraction of sp³-hybridized carbons (Fsp3) is 0.143. The fourth-order valence-electron chi connectivity index (χ4n) is 2.09. The predicted molar refractivity (Wildman–Crippen MR) is 74.8 cm³/mol. The van der Waals surface area contributed by atoms with E-state index >= 15 is 0 Å². The molecule has 0 amide bonds. The second-order valence-corrected chi connectivity index (χ2v) is 5.00. The molecule has 0 saturated carbocycles. The molecule has 0 aliphatic heterocycles. The van der Waals surface area contributed by atoms with E-state index in [9.17, 15) is 0 Å². The zero-order valence-corrected chi connectivity index (χ0v) is 10.8. The van der Waals surface area contributed by atoms with Gasteiger partial charge < -0.3 is 5.32 Å². The summed E-state index contributed by atoms with van der Waals surface area (Å²) in [5, 5.41) is 4.48. The number of nitrogens with zero attached hydrogens (tertiary/aromatic N) is 2. The monoisotopic (exact) mass is 255 g/mol. The number of nitrogens with one attached hydrogen (secondary N) is 1. The lowest BCUT2D eigenvalue weighted by Crippen LogP contribution is -2.16. The van der Waals surface area contributed by atoms with Gasteiger partial charge in [-0.25, -0.2) is 0 Å². The van der Waals surface area contributed by atoms with Gasteiger partial charge in [-0.3, -0.25) is 9.97 Å². The summed E-state index contributed by atoms with van der Waals surface area (Å²) >= 11 is 1.65. The van der Waals surface area contributed by atoms with Crippen LogP contribution in [0, 0.1) is 0 Å². The molecular weight excluding hydrogens is 242 g/mol. The molecular formula is C14H13N3S. The molecule has 1 aromatic carbocycles. The van der Waals surface area contributed by atoms with Gasteiger partial charge in [0.15, 0.2) is 0 Å². The average Bonchev–Trinajstić information content (AvgIpc) is 2.93. The first kappa shape index (κ1) is 11.3. The van der Waals surface area contributed by atoms with Crippen LogP contribution in [0.5, 0.6) is 0 Å². The van der Waals surface area contributed by atoms with Gasteiger partial charge in [0.25, 0.3) is 0 Å². The number of aromatic nitrogens is 2. The molecule has 0 radical (unpaired) electrons. The van der Waals surface area contributed by atoms with E-state index in [1.54, 1.807) is 11.3 Å². The molecule has 1 unspecified atom stereocenters. The van der Waals surface area contributed by atoms with Gasteiger partial charge >= 0.3 is 0 Å². The predicted octanol–water partition coefficient (Wildman–Crippen LogP) is 3.00. The lowest BCUT2D eigenvalue weighted by molar-refractivity contribution is 0.700. The molecule has 18 heavy (non-hydrogen) atoms. The highest BCUT2D eigenvalue weighted by Crippen LogP contribution is 2.26. The highest BCUT2D eigenvalue weighted by atomic mass is 32.1. The molecule has 0 aliphatic carbocycles. The van der Waals surface area contributed by atoms with Crippen molar-refractivity contribution < 1.29 is 0 Å². The Bertz CT molecular complexity index is 649. The molecule has 0 fully saturated rings. The van der Waals surface area contributed by atoms with Crippen LogP contribution in [0.2, 0.25) is 0 Å². The zero-order chi connectivity index (χ0) is 12.4. The summed E-state index contributed by atoms with van der Waals surface area (Å²) in [4.78, 5) is 9.84. The summed E-state index contributed by atoms with van der Waals surface area (Å²) in [5.41, 5.74) is 4.05. The lowest BCUT2D eigenvalue weighted by atomic mass is 10.1. The third-order valence-corrected chi connectivity index (χ3v) is 3.81. The van der Waals surface area contributed by atoms with E-state index in [2.05, 4.69) is 27.4 Å². The van der Waals surface area contributed by atoms with Crippen molar-refractivity contribution >= 4 is 22.2 Å². The standard InChI is InChI=1S/C14H13N3S/c1-15-14(13-8-16-9-18-13)11-6-10-4-2-3-5-12(10)17-7-11/h2-9,14-15H,1H3. The summed E-state index contributed by atoms with van der Waals surface area (Å²) in [6.07, 6.45) is 3.84. The van der Waals surface area contributed by atoms with E-state index < -0.39 is 0 Å². The Morgan fingerprint density at radius 3 is 2.89 bits per heavy atom. The van der Waals surface area contributed by atoms with E-state index in [-0.39, 0.29) is 6.04 Å². The van der Waals surface area contributed by atoms with Crippen LogP contribution < -0.4 is 5.32 Å². The Labute approximate surface area is 110 Å². The Morgan fingerprint density at radius 2 is 2.11 bits per heavy atom. The average molecular weight is 255 g/mol. The van der Waals surface area contributed by atoms with Crippen LogP contribution in [-0.4, -0.2) is 17.0 Å². The van der Waals surface area contributed by atoms with Crippen molar-refractivity contribution in [2.24, 2.45) is 0 Å². The number of pyridine rings is 1. The van der Waals surface area contributed by atoms with E-state index in [1.165, 1.54) is 15.8 Å². The largest absolute Gasteiger partial charge is 0.309 e. The van der Waals surface area contributed by atoms with Gasteiger partial charge in [-0.05, 0) is 24.7 Å². The van der Waals surface area contributed by atoms with Crippen LogP contribution in [0.1, 0.15) is 16.5 Å². The van der Waals surface area contributed by atoms with Crippen molar-refractivity contribution in [1.29, 1.82) is 0 Å². The highest BCUT2D eigenvalue weighted by molar-refractivity contribution is 7.09. The summed E-state index contributed by atoms with van der Waals surface area (Å²) < 4.78 is 0. The molecule has 1 atom stereocenters. The quantitative estimate of drug-likeness (QED) is 0.781. The number of hydrogen-bond acceptors (Lipinski definition) is 4. The van der Waals surface area contributed by atoms with Crippen LogP contribution in [-0.2, 0) is 0 Å². The van der Waals surface area contributed by atoms with E-state index in [0.717, 1.165) is 5.52 Å². The summed E-state index contributed by atoms with van der Waals surface area (Å²) in [6, 6.07) is 10.5. The van der Waals surface area contributed by atoms with Crippen LogP contribution in [0.25, 0.3) is 10.9 Å². The second kappa shape index (κ2) is 4.84. The minimum Gasteiger partial charge on any atom is -0.309 e. The molecule has 4 heteroatoms. The van der Waals surface area contributed by atoms with Gasteiger partial charge in [0, 0.05) is 22.7 Å². The topological polar surface area (TPSA) is 37.8 Å². The molecule has 3 aromatic rings. The summed E-state index contributed by atoms with van der Waals surface area (Å²) in [6.45, 7) is 0. The maximum atomic E-state index is 4.50. The third-order valence-electron chi connectivity index (χ3n) is 2.97. The van der Waals surface area contributed by atoms with Crippen molar-refractivity contribution in [3.63, 3.8) is 0 Å². The SMILES string of the molecule is CNC(c1cnc2ccccc2c1)c1cncs1. The normalized spacial score (nSPS) is 12.7. The van der Waals surface area contributed by atoms with Gasteiger partial charge in [0.1, 0.15) is 0 Å². The molecule has 0 saturated heterocycles. The molecule has 90 valence electrons. The van der Waals surface area contributed by atoms with E-state index in [1.807, 2.05) is 43.2 Å². The van der Waals surface area contributed by atoms with Crippen LogP contribution in [0.3, 0.4) is 0 Å². The van der Waals surface area contributed by atoms with Crippen LogP contribution in [0.4, 0.5) is 0 Å². The molecule has 0 bridgehead atoms. The third kappa shape index (κ3) is 2.00. The second-order valence-electron chi connectivity index (χ2n) is 4.09. The molecule has 3 nitrogen and oxygen atoms in total. The number of para-hydroxylation sites is 1. The minimum atomic E-state index is 0.162.